The molecule has 0 bridgehead atoms. The molecule has 3 aliphatic heterocycles. The normalized spacial score (nSPS) is 25.8. The number of nitrogens with one attached hydrogen (secondary N) is 1. The van der Waals surface area contributed by atoms with E-state index < -0.39 is 12.0 Å². The fourth-order valence-corrected chi connectivity index (χ4v) is 5.79. The molecule has 2 saturated heterocycles. The quantitative estimate of drug-likeness (QED) is 0.691. The predicted molar refractivity (Wildman–Crippen MR) is 123 cm³/mol. The molecular weight excluding hydrogens is 422 g/mol. The van der Waals surface area contributed by atoms with Crippen LogP contribution in [-0.4, -0.2) is 77.6 Å². The second-order valence-corrected chi connectivity index (χ2v) is 9.58. The Labute approximate surface area is 193 Å². The molecule has 0 radical (unpaired) electrons. The average Bonchev–Trinajstić information content (AvgIpc) is 3.41. The van der Waals surface area contributed by atoms with Crippen LogP contribution >= 0.6 is 0 Å². The fourth-order valence-electron chi connectivity index (χ4n) is 5.79. The van der Waals surface area contributed by atoms with Crippen LogP contribution in [0.3, 0.4) is 0 Å². The Bertz CT molecular complexity index is 1030. The molecule has 1 amide bonds. The van der Waals surface area contributed by atoms with Gasteiger partial charge in [0, 0.05) is 38.3 Å². The number of nitrogens with zero attached hydrogens (tertiary/aromatic N) is 4. The first kappa shape index (κ1) is 22.0. The lowest BCUT2D eigenvalue weighted by Crippen LogP contribution is -2.48. The van der Waals surface area contributed by atoms with Crippen LogP contribution in [0.4, 0.5) is 11.8 Å². The molecule has 2 fully saturated rings. The highest BCUT2D eigenvalue weighted by Crippen LogP contribution is 2.43. The third-order valence-electron chi connectivity index (χ3n) is 7.79. The van der Waals surface area contributed by atoms with E-state index in [1.165, 1.54) is 0 Å². The second-order valence-electron chi connectivity index (χ2n) is 9.58. The van der Waals surface area contributed by atoms with Gasteiger partial charge in [-0.25, -0.2) is 4.98 Å². The number of ketones is 1. The molecule has 0 aromatic carbocycles. The highest BCUT2D eigenvalue weighted by atomic mass is 16.5. The summed E-state index contributed by atoms with van der Waals surface area (Å²) in [5.41, 5.74) is 2.59. The number of carbonyl (C=O) groups is 2. The average molecular weight is 454 g/mol. The lowest BCUT2D eigenvalue weighted by Gasteiger charge is -2.39. The summed E-state index contributed by atoms with van der Waals surface area (Å²) in [7, 11) is 1.76. The Morgan fingerprint density at radius 1 is 1.27 bits per heavy atom. The van der Waals surface area contributed by atoms with E-state index in [1.807, 2.05) is 6.92 Å². The third kappa shape index (κ3) is 3.83. The van der Waals surface area contributed by atoms with Crippen molar-refractivity contribution in [1.82, 2.24) is 14.9 Å². The van der Waals surface area contributed by atoms with E-state index in [4.69, 9.17) is 4.74 Å². The lowest BCUT2D eigenvalue weighted by atomic mass is 9.76. The number of aromatic nitrogens is 2. The summed E-state index contributed by atoms with van der Waals surface area (Å²) in [6, 6.07) is 1.78. The molecule has 1 aromatic heterocycles. The molecule has 9 nitrogen and oxygen atoms in total. The molecule has 2 N–H and O–H groups in total. The van der Waals surface area contributed by atoms with Gasteiger partial charge in [-0.15, -0.1) is 0 Å². The zero-order valence-corrected chi connectivity index (χ0v) is 19.2. The van der Waals surface area contributed by atoms with Gasteiger partial charge in [-0.1, -0.05) is 5.57 Å². The molecule has 4 heterocycles. The summed E-state index contributed by atoms with van der Waals surface area (Å²) < 4.78 is 5.39. The zero-order chi connectivity index (χ0) is 23.2. The standard InChI is InChI=1S/C24H31N5O4/c1-15-17-14-33-13-16(17)11-18(30)21(15)19(31)12-28-8-4-24(5-9-28)6-10-29(22(24)32)20-3-7-26-23(25-2)27-20/h3,7,13,19,21,31H,4-6,8-12,14H2,1-2H3,(H,25,26,27)/t19-,21?/m0/s1. The minimum atomic E-state index is -0.752. The van der Waals surface area contributed by atoms with Gasteiger partial charge in [0.25, 0.3) is 0 Å². The molecule has 9 heteroatoms. The first-order valence-corrected chi connectivity index (χ1v) is 11.7. The van der Waals surface area contributed by atoms with Crippen molar-refractivity contribution >= 4 is 23.5 Å². The van der Waals surface area contributed by atoms with E-state index in [1.54, 1.807) is 30.5 Å². The van der Waals surface area contributed by atoms with Crippen LogP contribution in [-0.2, 0) is 14.3 Å². The molecule has 176 valence electrons. The maximum absolute atomic E-state index is 13.4. The van der Waals surface area contributed by atoms with Gasteiger partial charge in [-0.3, -0.25) is 14.5 Å². The van der Waals surface area contributed by atoms with Gasteiger partial charge in [0.15, 0.2) is 0 Å². The van der Waals surface area contributed by atoms with Gasteiger partial charge in [0.2, 0.25) is 11.9 Å². The maximum Gasteiger partial charge on any atom is 0.234 e. The van der Waals surface area contributed by atoms with E-state index in [-0.39, 0.29) is 17.1 Å². The Hall–Kier alpha value is -2.78. The number of hydrogen-bond acceptors (Lipinski definition) is 8. The molecule has 0 saturated carbocycles. The van der Waals surface area contributed by atoms with Gasteiger partial charge in [-0.05, 0) is 50.9 Å². The zero-order valence-electron chi connectivity index (χ0n) is 19.2. The van der Waals surface area contributed by atoms with E-state index in [2.05, 4.69) is 20.2 Å². The van der Waals surface area contributed by atoms with Crippen molar-refractivity contribution in [1.29, 1.82) is 0 Å². The number of aliphatic hydroxyl groups excluding tert-OH is 1. The van der Waals surface area contributed by atoms with Crippen LogP contribution < -0.4 is 10.2 Å². The summed E-state index contributed by atoms with van der Waals surface area (Å²) in [5, 5.41) is 13.9. The molecule has 1 aliphatic carbocycles. The van der Waals surface area contributed by atoms with Crippen molar-refractivity contribution in [2.45, 2.75) is 38.7 Å². The van der Waals surface area contributed by atoms with Crippen LogP contribution in [0.5, 0.6) is 0 Å². The second kappa shape index (κ2) is 8.53. The van der Waals surface area contributed by atoms with Crippen molar-refractivity contribution in [2.24, 2.45) is 11.3 Å². The largest absolute Gasteiger partial charge is 0.496 e. The smallest absolute Gasteiger partial charge is 0.234 e. The third-order valence-corrected chi connectivity index (χ3v) is 7.79. The molecular formula is C24H31N5O4. The highest BCUT2D eigenvalue weighted by Gasteiger charge is 2.49. The summed E-state index contributed by atoms with van der Waals surface area (Å²) in [4.78, 5) is 38.6. The number of rotatable bonds is 5. The summed E-state index contributed by atoms with van der Waals surface area (Å²) in [5.74, 6) is 0.850. The Morgan fingerprint density at radius 2 is 2.03 bits per heavy atom. The summed E-state index contributed by atoms with van der Waals surface area (Å²) >= 11 is 0. The van der Waals surface area contributed by atoms with Crippen LogP contribution in [0.1, 0.15) is 32.6 Å². The number of amides is 1. The first-order chi connectivity index (χ1) is 15.9. The number of carbonyl (C=O) groups excluding carboxylic acids is 2. The summed E-state index contributed by atoms with van der Waals surface area (Å²) in [6.45, 7) is 4.98. The van der Waals surface area contributed by atoms with E-state index >= 15 is 0 Å². The molecule has 2 atom stereocenters. The number of aliphatic hydroxyl groups is 1. The molecule has 1 aromatic rings. The number of fused-ring (bicyclic) bond motifs is 1. The molecule has 4 aliphatic rings. The fraction of sp³-hybridized carbons (Fsp3) is 0.583. The van der Waals surface area contributed by atoms with E-state index in [9.17, 15) is 14.7 Å². The van der Waals surface area contributed by atoms with Crippen molar-refractivity contribution in [3.05, 3.63) is 35.2 Å². The van der Waals surface area contributed by atoms with Crippen molar-refractivity contribution < 1.29 is 19.4 Å². The van der Waals surface area contributed by atoms with Gasteiger partial charge in [-0.2, -0.15) is 4.98 Å². The Balaban J connectivity index is 1.22. The monoisotopic (exact) mass is 453 g/mol. The number of hydrogen-bond donors (Lipinski definition) is 2. The Morgan fingerprint density at radius 3 is 2.79 bits per heavy atom. The molecule has 1 spiro atoms. The topological polar surface area (TPSA) is 108 Å². The van der Waals surface area contributed by atoms with Crippen LogP contribution in [0.15, 0.2) is 35.2 Å². The maximum atomic E-state index is 13.4. The number of Topliss-reactive ketones (excluding diaryl/α,β-unsaturated/α-hetero) is 1. The van der Waals surface area contributed by atoms with E-state index in [0.717, 1.165) is 49.1 Å². The number of ether oxygens (including phenoxy) is 1. The van der Waals surface area contributed by atoms with Gasteiger partial charge in [0.1, 0.15) is 18.2 Å². The highest BCUT2D eigenvalue weighted by molar-refractivity contribution is 5.99. The van der Waals surface area contributed by atoms with Crippen molar-refractivity contribution in [2.75, 3.05) is 50.1 Å². The van der Waals surface area contributed by atoms with Gasteiger partial charge >= 0.3 is 0 Å². The number of likely N-dealkylation sites (tertiary alicyclic amines) is 1. The van der Waals surface area contributed by atoms with Crippen LogP contribution in [0.2, 0.25) is 0 Å². The molecule has 5 rings (SSSR count). The minimum absolute atomic E-state index is 0.0568. The SMILES string of the molecule is CNc1nccc(N2CCC3(CCN(C[C@H](O)C4C(=O)CC5=COCC5=C4C)CC3)C2=O)n1. The number of anilines is 2. The van der Waals surface area contributed by atoms with E-state index in [0.29, 0.717) is 37.9 Å². The Kier molecular flexibility index (Phi) is 5.70. The number of piperidine rings is 1. The summed E-state index contributed by atoms with van der Waals surface area (Å²) in [6.07, 6.45) is 5.22. The van der Waals surface area contributed by atoms with Crippen molar-refractivity contribution in [3.63, 3.8) is 0 Å². The predicted octanol–water partition coefficient (Wildman–Crippen LogP) is 1.52. The van der Waals surface area contributed by atoms with Gasteiger partial charge < -0.3 is 20.1 Å². The number of β-amino-alcohol motifs (C(OH)–C–C–N with tert-alkyl or cyclic N) is 1. The lowest BCUT2D eigenvalue weighted by molar-refractivity contribution is -0.128. The van der Waals surface area contributed by atoms with Crippen LogP contribution in [0.25, 0.3) is 0 Å². The molecule has 33 heavy (non-hydrogen) atoms. The minimum Gasteiger partial charge on any atom is -0.496 e. The van der Waals surface area contributed by atoms with Crippen LogP contribution in [0, 0.1) is 11.3 Å². The van der Waals surface area contributed by atoms with Gasteiger partial charge in [0.05, 0.1) is 23.7 Å². The van der Waals surface area contributed by atoms with Crippen molar-refractivity contribution in [3.8, 4) is 0 Å². The molecule has 1 unspecified atom stereocenters. The first-order valence-electron chi connectivity index (χ1n) is 11.7.